The molecule has 16 heavy (non-hydrogen) atoms. The normalized spacial score (nSPS) is 24.2. The second-order valence-corrected chi connectivity index (χ2v) is 6.38. The summed E-state index contributed by atoms with van der Waals surface area (Å²) in [5.41, 5.74) is 0.561. The van der Waals surface area contributed by atoms with Crippen LogP contribution in [0.5, 0.6) is 0 Å². The SMILES string of the molecule is CC(C)COCCCNC1CCC(C)(C)C1. The highest BCUT2D eigenvalue weighted by Gasteiger charge is 2.30. The summed E-state index contributed by atoms with van der Waals surface area (Å²) in [7, 11) is 0. The van der Waals surface area contributed by atoms with E-state index >= 15 is 0 Å². The number of ether oxygens (including phenoxy) is 1. The van der Waals surface area contributed by atoms with Gasteiger partial charge in [-0.2, -0.15) is 0 Å². The molecule has 1 saturated carbocycles. The molecule has 1 aliphatic carbocycles. The summed E-state index contributed by atoms with van der Waals surface area (Å²) < 4.78 is 5.56. The third-order valence-corrected chi connectivity index (χ3v) is 3.32. The largest absolute Gasteiger partial charge is 0.381 e. The molecule has 0 aromatic heterocycles. The van der Waals surface area contributed by atoms with Crippen molar-refractivity contribution in [3.63, 3.8) is 0 Å². The standard InChI is InChI=1S/C14H29NO/c1-12(2)11-16-9-5-8-15-13-6-7-14(3,4)10-13/h12-13,15H,5-11H2,1-4H3. The maximum Gasteiger partial charge on any atom is 0.0489 e. The molecule has 0 bridgehead atoms. The molecule has 0 saturated heterocycles. The molecule has 1 rings (SSSR count). The maximum atomic E-state index is 5.56. The summed E-state index contributed by atoms with van der Waals surface area (Å²) in [5.74, 6) is 0.656. The molecular weight excluding hydrogens is 198 g/mol. The second-order valence-electron chi connectivity index (χ2n) is 6.38. The van der Waals surface area contributed by atoms with Crippen LogP contribution < -0.4 is 5.32 Å². The molecule has 1 atom stereocenters. The Bertz CT molecular complexity index is 189. The first-order chi connectivity index (χ1) is 7.49. The predicted octanol–water partition coefficient (Wildman–Crippen LogP) is 3.22. The van der Waals surface area contributed by atoms with Gasteiger partial charge in [-0.3, -0.25) is 0 Å². The molecule has 96 valence electrons. The first kappa shape index (κ1) is 14.0. The van der Waals surface area contributed by atoms with Crippen molar-refractivity contribution in [2.45, 2.75) is 59.4 Å². The molecule has 1 unspecified atom stereocenters. The van der Waals surface area contributed by atoms with E-state index in [1.165, 1.54) is 19.3 Å². The molecule has 2 heteroatoms. The Hall–Kier alpha value is -0.0800. The van der Waals surface area contributed by atoms with Gasteiger partial charge >= 0.3 is 0 Å². The lowest BCUT2D eigenvalue weighted by Crippen LogP contribution is -2.29. The highest BCUT2D eigenvalue weighted by atomic mass is 16.5. The zero-order valence-corrected chi connectivity index (χ0v) is 11.5. The molecule has 0 heterocycles. The second kappa shape index (κ2) is 6.61. The zero-order chi connectivity index (χ0) is 12.0. The van der Waals surface area contributed by atoms with Crippen molar-refractivity contribution in [2.75, 3.05) is 19.8 Å². The van der Waals surface area contributed by atoms with Gasteiger partial charge in [-0.15, -0.1) is 0 Å². The molecule has 0 radical (unpaired) electrons. The quantitative estimate of drug-likeness (QED) is 0.674. The Kier molecular flexibility index (Phi) is 5.77. The van der Waals surface area contributed by atoms with E-state index in [0.29, 0.717) is 11.3 Å². The van der Waals surface area contributed by atoms with E-state index in [2.05, 4.69) is 33.0 Å². The molecule has 1 N–H and O–H groups in total. The Morgan fingerprint density at radius 1 is 1.38 bits per heavy atom. The van der Waals surface area contributed by atoms with Crippen LogP contribution in [0, 0.1) is 11.3 Å². The average molecular weight is 227 g/mol. The van der Waals surface area contributed by atoms with Crippen LogP contribution in [0.3, 0.4) is 0 Å². The number of hydrogen-bond donors (Lipinski definition) is 1. The Balaban J connectivity index is 1.92. The summed E-state index contributed by atoms with van der Waals surface area (Å²) in [5, 5.41) is 3.65. The summed E-state index contributed by atoms with van der Waals surface area (Å²) in [6.07, 6.45) is 5.19. The minimum Gasteiger partial charge on any atom is -0.381 e. The van der Waals surface area contributed by atoms with E-state index in [1.807, 2.05) is 0 Å². The van der Waals surface area contributed by atoms with E-state index in [-0.39, 0.29) is 0 Å². The smallest absolute Gasteiger partial charge is 0.0489 e. The fourth-order valence-corrected chi connectivity index (χ4v) is 2.41. The first-order valence-corrected chi connectivity index (χ1v) is 6.81. The van der Waals surface area contributed by atoms with Crippen LogP contribution in [-0.2, 0) is 4.74 Å². The van der Waals surface area contributed by atoms with Gasteiger partial charge in [-0.25, -0.2) is 0 Å². The van der Waals surface area contributed by atoms with Gasteiger partial charge in [-0.1, -0.05) is 27.7 Å². The van der Waals surface area contributed by atoms with Gasteiger partial charge in [-0.05, 0) is 43.6 Å². The van der Waals surface area contributed by atoms with Crippen LogP contribution >= 0.6 is 0 Å². The molecule has 2 nitrogen and oxygen atoms in total. The average Bonchev–Trinajstić information content (AvgIpc) is 2.51. The van der Waals surface area contributed by atoms with E-state index in [9.17, 15) is 0 Å². The van der Waals surface area contributed by atoms with E-state index in [0.717, 1.165) is 32.2 Å². The number of hydrogen-bond acceptors (Lipinski definition) is 2. The van der Waals surface area contributed by atoms with Crippen molar-refractivity contribution in [3.8, 4) is 0 Å². The summed E-state index contributed by atoms with van der Waals surface area (Å²) in [6.45, 7) is 12.1. The van der Waals surface area contributed by atoms with Gasteiger partial charge in [0, 0.05) is 19.3 Å². The lowest BCUT2D eigenvalue weighted by atomic mass is 9.92. The fraction of sp³-hybridized carbons (Fsp3) is 1.00. The van der Waals surface area contributed by atoms with Crippen LogP contribution in [0.2, 0.25) is 0 Å². The van der Waals surface area contributed by atoms with E-state index < -0.39 is 0 Å². The van der Waals surface area contributed by atoms with Crippen molar-refractivity contribution in [1.82, 2.24) is 5.32 Å². The summed E-state index contributed by atoms with van der Waals surface area (Å²) in [6, 6.07) is 0.750. The maximum absolute atomic E-state index is 5.56. The minimum absolute atomic E-state index is 0.561. The predicted molar refractivity (Wildman–Crippen MR) is 69.7 cm³/mol. The highest BCUT2D eigenvalue weighted by molar-refractivity contribution is 4.86. The first-order valence-electron chi connectivity index (χ1n) is 6.81. The Labute approximate surface area is 101 Å². The van der Waals surface area contributed by atoms with Gasteiger partial charge < -0.3 is 10.1 Å². The lowest BCUT2D eigenvalue weighted by molar-refractivity contribution is 0.107. The third kappa shape index (κ3) is 5.86. The molecule has 0 spiro atoms. The Morgan fingerprint density at radius 2 is 2.12 bits per heavy atom. The number of nitrogens with one attached hydrogen (secondary N) is 1. The zero-order valence-electron chi connectivity index (χ0n) is 11.5. The number of rotatable bonds is 7. The monoisotopic (exact) mass is 227 g/mol. The van der Waals surface area contributed by atoms with Gasteiger partial charge in [0.2, 0.25) is 0 Å². The van der Waals surface area contributed by atoms with Crippen LogP contribution in [-0.4, -0.2) is 25.8 Å². The molecule has 0 aliphatic heterocycles. The van der Waals surface area contributed by atoms with Crippen molar-refractivity contribution in [1.29, 1.82) is 0 Å². The Morgan fingerprint density at radius 3 is 2.69 bits per heavy atom. The highest BCUT2D eigenvalue weighted by Crippen LogP contribution is 2.36. The molecule has 1 aliphatic rings. The molecule has 0 aromatic carbocycles. The summed E-state index contributed by atoms with van der Waals surface area (Å²) >= 11 is 0. The minimum atomic E-state index is 0.561. The van der Waals surface area contributed by atoms with Crippen molar-refractivity contribution in [3.05, 3.63) is 0 Å². The van der Waals surface area contributed by atoms with Gasteiger partial charge in [0.05, 0.1) is 0 Å². The fourth-order valence-electron chi connectivity index (χ4n) is 2.41. The topological polar surface area (TPSA) is 21.3 Å². The van der Waals surface area contributed by atoms with Crippen LogP contribution in [0.25, 0.3) is 0 Å². The molecule has 1 fully saturated rings. The van der Waals surface area contributed by atoms with Crippen LogP contribution in [0.4, 0.5) is 0 Å². The molecular formula is C14H29NO. The molecule has 0 amide bonds. The van der Waals surface area contributed by atoms with Crippen molar-refractivity contribution >= 4 is 0 Å². The summed E-state index contributed by atoms with van der Waals surface area (Å²) in [4.78, 5) is 0. The van der Waals surface area contributed by atoms with E-state index in [1.54, 1.807) is 0 Å². The molecule has 0 aromatic rings. The van der Waals surface area contributed by atoms with Crippen molar-refractivity contribution < 1.29 is 4.74 Å². The third-order valence-electron chi connectivity index (χ3n) is 3.32. The van der Waals surface area contributed by atoms with Gasteiger partial charge in [0.15, 0.2) is 0 Å². The van der Waals surface area contributed by atoms with Crippen LogP contribution in [0.15, 0.2) is 0 Å². The van der Waals surface area contributed by atoms with Crippen LogP contribution in [0.1, 0.15) is 53.4 Å². The van der Waals surface area contributed by atoms with Gasteiger partial charge in [0.1, 0.15) is 0 Å². The van der Waals surface area contributed by atoms with E-state index in [4.69, 9.17) is 4.74 Å². The van der Waals surface area contributed by atoms with Gasteiger partial charge in [0.25, 0.3) is 0 Å². The van der Waals surface area contributed by atoms with Crippen molar-refractivity contribution in [2.24, 2.45) is 11.3 Å². The lowest BCUT2D eigenvalue weighted by Gasteiger charge is -2.17.